The van der Waals surface area contributed by atoms with Crippen LogP contribution in [0, 0.1) is 5.92 Å². The lowest BCUT2D eigenvalue weighted by Gasteiger charge is -2.34. The molecule has 0 spiro atoms. The smallest absolute Gasteiger partial charge is 0.0713 e. The highest BCUT2D eigenvalue weighted by molar-refractivity contribution is 6.10. The van der Waals surface area contributed by atoms with Crippen LogP contribution in [0.15, 0.2) is 261 Å². The SMILES string of the molecule is C/C=C/c1ccc(-c2ccc3c(c2)C(c2ccccc2)(c2ccccc2)c2cc(-c4ccc(/C=C/c5ccc(-c6ccc7c(c6)c6ccccc6n7-c6ccc7c(c6)C(C)(C)C6C=CC=CC76)cc5)cc4)ccc2-3)cc1. The van der Waals surface area contributed by atoms with E-state index in [-0.39, 0.29) is 5.41 Å². The Kier molecular flexibility index (Phi) is 10.9. The van der Waals surface area contributed by atoms with Crippen LogP contribution < -0.4 is 0 Å². The van der Waals surface area contributed by atoms with Crippen LogP contribution in [-0.4, -0.2) is 4.57 Å². The molecule has 10 aromatic carbocycles. The van der Waals surface area contributed by atoms with E-state index in [1.165, 1.54) is 117 Å². The molecule has 1 aromatic heterocycles. The second-order valence-corrected chi connectivity index (χ2v) is 21.6. The summed E-state index contributed by atoms with van der Waals surface area (Å²) in [6.07, 6.45) is 17.9. The molecule has 14 rings (SSSR count). The van der Waals surface area contributed by atoms with Crippen molar-refractivity contribution in [2.24, 2.45) is 5.92 Å². The third kappa shape index (κ3) is 7.29. The maximum Gasteiger partial charge on any atom is 0.0713 e. The van der Waals surface area contributed by atoms with E-state index in [1.54, 1.807) is 0 Å². The van der Waals surface area contributed by atoms with Gasteiger partial charge in [0, 0.05) is 22.4 Å². The van der Waals surface area contributed by atoms with Crippen LogP contribution >= 0.6 is 0 Å². The maximum absolute atomic E-state index is 2.47. The number of nitrogens with zero attached hydrogens (tertiary/aromatic N) is 1. The van der Waals surface area contributed by atoms with Crippen molar-refractivity contribution in [1.82, 2.24) is 4.57 Å². The van der Waals surface area contributed by atoms with Gasteiger partial charge in [-0.2, -0.15) is 0 Å². The Morgan fingerprint density at radius 2 is 0.882 bits per heavy atom. The lowest BCUT2D eigenvalue weighted by atomic mass is 9.67. The first-order chi connectivity index (χ1) is 37.4. The van der Waals surface area contributed by atoms with Crippen LogP contribution in [0.4, 0.5) is 0 Å². The number of aromatic nitrogens is 1. The molecule has 11 aromatic rings. The number of benzene rings is 10. The van der Waals surface area contributed by atoms with Crippen molar-refractivity contribution < 1.29 is 0 Å². The number of hydrogen-bond acceptors (Lipinski definition) is 0. The second-order valence-electron chi connectivity index (χ2n) is 21.6. The minimum atomic E-state index is -0.508. The summed E-state index contributed by atoms with van der Waals surface area (Å²) < 4.78 is 2.47. The lowest BCUT2D eigenvalue weighted by molar-refractivity contribution is 0.394. The third-order valence-corrected chi connectivity index (χ3v) is 17.1. The molecule has 2 unspecified atom stereocenters. The van der Waals surface area contributed by atoms with Crippen molar-refractivity contribution >= 4 is 40.0 Å². The van der Waals surface area contributed by atoms with E-state index >= 15 is 0 Å². The Morgan fingerprint density at radius 3 is 1.46 bits per heavy atom. The summed E-state index contributed by atoms with van der Waals surface area (Å²) in [6, 6.07) is 86.4. The highest BCUT2D eigenvalue weighted by Gasteiger charge is 2.47. The standard InChI is InChI=1S/C75H57N/c1-4-15-50-26-32-54(33-27-50)57-38-42-64-65-43-39-58(48-71(65)75(70(64)47-57,59-16-7-5-8-17-59)60-18-9-6-10-19-60)55-36-30-52(31-37-55)25-24-51-28-34-53(35-29-51)56-40-45-73-67(46-56)66-21-12-14-23-72(66)76(73)61-41-44-63-62-20-11-13-22-68(62)74(2,3)69(63)49-61/h4-49,62,68H,1-3H3/b15-4+,25-24+. The Bertz CT molecular complexity index is 4120. The van der Waals surface area contributed by atoms with E-state index in [1.807, 2.05) is 0 Å². The van der Waals surface area contributed by atoms with Gasteiger partial charge >= 0.3 is 0 Å². The van der Waals surface area contributed by atoms with Crippen molar-refractivity contribution in [3.05, 3.63) is 311 Å². The summed E-state index contributed by atoms with van der Waals surface area (Å²) in [7, 11) is 0. The van der Waals surface area contributed by atoms with Crippen molar-refractivity contribution in [1.29, 1.82) is 0 Å². The van der Waals surface area contributed by atoms with E-state index < -0.39 is 5.41 Å². The van der Waals surface area contributed by atoms with Crippen molar-refractivity contribution in [2.75, 3.05) is 0 Å². The molecule has 3 aliphatic rings. The summed E-state index contributed by atoms with van der Waals surface area (Å²) >= 11 is 0. The summed E-state index contributed by atoms with van der Waals surface area (Å²) in [4.78, 5) is 0. The number of rotatable bonds is 9. The fraction of sp³-hybridized carbons (Fsp3) is 0.0933. The summed E-state index contributed by atoms with van der Waals surface area (Å²) in [6.45, 7) is 6.89. The first-order valence-electron chi connectivity index (χ1n) is 26.9. The molecule has 2 atom stereocenters. The minimum Gasteiger partial charge on any atom is -0.309 e. The van der Waals surface area contributed by atoms with E-state index in [9.17, 15) is 0 Å². The average molecular weight is 972 g/mol. The fourth-order valence-electron chi connectivity index (χ4n) is 13.3. The van der Waals surface area contributed by atoms with Gasteiger partial charge in [0.2, 0.25) is 0 Å². The quantitative estimate of drug-likeness (QED) is 0.127. The molecule has 1 nitrogen and oxygen atoms in total. The second kappa shape index (κ2) is 18.1. The molecule has 0 saturated heterocycles. The predicted octanol–water partition coefficient (Wildman–Crippen LogP) is 19.5. The van der Waals surface area contributed by atoms with E-state index in [0.717, 1.165) is 5.56 Å². The van der Waals surface area contributed by atoms with Gasteiger partial charge in [0.25, 0.3) is 0 Å². The van der Waals surface area contributed by atoms with Crippen LogP contribution in [-0.2, 0) is 10.8 Å². The zero-order valence-corrected chi connectivity index (χ0v) is 43.2. The molecule has 3 aliphatic carbocycles. The van der Waals surface area contributed by atoms with Gasteiger partial charge in [-0.3, -0.25) is 0 Å². The number of fused-ring (bicyclic) bond motifs is 9. The largest absolute Gasteiger partial charge is 0.309 e. The highest BCUT2D eigenvalue weighted by Crippen LogP contribution is 2.58. The van der Waals surface area contributed by atoms with Crippen molar-refractivity contribution in [3.8, 4) is 50.2 Å². The topological polar surface area (TPSA) is 4.93 Å². The molecule has 0 saturated carbocycles. The lowest BCUT2D eigenvalue weighted by Crippen LogP contribution is -2.28. The molecule has 0 radical (unpaired) electrons. The molecule has 0 N–H and O–H groups in total. The summed E-state index contributed by atoms with van der Waals surface area (Å²) in [5, 5.41) is 2.54. The first-order valence-corrected chi connectivity index (χ1v) is 26.9. The van der Waals surface area contributed by atoms with E-state index in [2.05, 4.69) is 304 Å². The average Bonchev–Trinajstić information content (AvgIpc) is 4.26. The molecule has 76 heavy (non-hydrogen) atoms. The Labute approximate surface area is 446 Å². The summed E-state index contributed by atoms with van der Waals surface area (Å²) in [5.41, 5.74) is 24.7. The number of hydrogen-bond donors (Lipinski definition) is 0. The molecule has 0 bridgehead atoms. The fourth-order valence-corrected chi connectivity index (χ4v) is 13.3. The van der Waals surface area contributed by atoms with Crippen LogP contribution in [0.2, 0.25) is 0 Å². The monoisotopic (exact) mass is 971 g/mol. The van der Waals surface area contributed by atoms with Crippen LogP contribution in [0.3, 0.4) is 0 Å². The number of allylic oxidation sites excluding steroid dienone is 5. The minimum absolute atomic E-state index is 0.0570. The van der Waals surface area contributed by atoms with Gasteiger partial charge < -0.3 is 4.57 Å². The molecule has 362 valence electrons. The van der Waals surface area contributed by atoms with Crippen molar-refractivity contribution in [2.45, 2.75) is 37.5 Å². The van der Waals surface area contributed by atoms with Gasteiger partial charge in [0.1, 0.15) is 0 Å². The molecule has 1 heteroatoms. The Balaban J connectivity index is 0.749. The third-order valence-electron chi connectivity index (χ3n) is 17.1. The van der Waals surface area contributed by atoms with E-state index in [4.69, 9.17) is 0 Å². The molecular formula is C75H57N. The number of para-hydroxylation sites is 1. The predicted molar refractivity (Wildman–Crippen MR) is 322 cm³/mol. The molecule has 1 heterocycles. The maximum atomic E-state index is 2.47. The van der Waals surface area contributed by atoms with Gasteiger partial charge in [0.15, 0.2) is 0 Å². The van der Waals surface area contributed by atoms with Crippen molar-refractivity contribution in [3.63, 3.8) is 0 Å². The van der Waals surface area contributed by atoms with Gasteiger partial charge in [-0.15, -0.1) is 0 Å². The van der Waals surface area contributed by atoms with Crippen LogP contribution in [0.25, 0.3) is 90.2 Å². The molecule has 0 aliphatic heterocycles. The van der Waals surface area contributed by atoms with Crippen LogP contribution in [0.1, 0.15) is 76.8 Å². The normalized spacial score (nSPS) is 16.6. The summed E-state index contributed by atoms with van der Waals surface area (Å²) in [5.74, 6) is 0.925. The molecular weight excluding hydrogens is 915 g/mol. The zero-order valence-electron chi connectivity index (χ0n) is 43.2. The van der Waals surface area contributed by atoms with Crippen LogP contribution in [0.5, 0.6) is 0 Å². The van der Waals surface area contributed by atoms with Gasteiger partial charge in [0.05, 0.1) is 16.4 Å². The molecule has 0 amide bonds. The highest BCUT2D eigenvalue weighted by atomic mass is 15.0. The first kappa shape index (κ1) is 45.6. The Morgan fingerprint density at radius 1 is 0.395 bits per heavy atom. The van der Waals surface area contributed by atoms with Gasteiger partial charge in [-0.05, 0) is 155 Å². The van der Waals surface area contributed by atoms with Gasteiger partial charge in [-0.1, -0.05) is 251 Å². The molecule has 0 fully saturated rings. The zero-order chi connectivity index (χ0) is 51.0. The van der Waals surface area contributed by atoms with Gasteiger partial charge in [-0.25, -0.2) is 0 Å². The Hall–Kier alpha value is -9.04. The van der Waals surface area contributed by atoms with E-state index in [0.29, 0.717) is 11.8 Å².